The van der Waals surface area contributed by atoms with Crippen LogP contribution in [0.2, 0.25) is 0 Å². The summed E-state index contributed by atoms with van der Waals surface area (Å²) in [6.07, 6.45) is 1.42. The van der Waals surface area contributed by atoms with E-state index in [1.807, 2.05) is 13.0 Å². The van der Waals surface area contributed by atoms with E-state index < -0.39 is 5.78 Å². The number of nitrogens with zero attached hydrogens (tertiary/aromatic N) is 3. The quantitative estimate of drug-likeness (QED) is 0.457. The van der Waals surface area contributed by atoms with E-state index in [1.165, 1.54) is 29.2 Å². The highest BCUT2D eigenvalue weighted by molar-refractivity contribution is 7.14. The molecule has 0 spiro atoms. The SMILES string of the molecule is CCN(C(C)=O)c1nc(/C=C(\C#N)C(=O)c2ccc3c(c2)OCO3)cs1. The molecular weight excluding hydrogens is 354 g/mol. The Bertz CT molecular complexity index is 942. The summed E-state index contributed by atoms with van der Waals surface area (Å²) in [6.45, 7) is 3.92. The van der Waals surface area contributed by atoms with Crippen molar-refractivity contribution in [2.24, 2.45) is 0 Å². The largest absolute Gasteiger partial charge is 0.454 e. The van der Waals surface area contributed by atoms with Gasteiger partial charge in [0.25, 0.3) is 0 Å². The molecule has 1 aromatic heterocycles. The molecule has 1 aromatic carbocycles. The Hall–Kier alpha value is -3.18. The highest BCUT2D eigenvalue weighted by Gasteiger charge is 2.19. The van der Waals surface area contributed by atoms with Gasteiger partial charge in [0.05, 0.1) is 5.69 Å². The average molecular weight is 369 g/mol. The molecule has 3 rings (SSSR count). The van der Waals surface area contributed by atoms with Gasteiger partial charge in [-0.25, -0.2) is 4.98 Å². The molecule has 132 valence electrons. The Morgan fingerprint density at radius 1 is 1.38 bits per heavy atom. The standard InChI is InChI=1S/C18H15N3O4S/c1-3-21(11(2)22)18-20-14(9-26-18)6-13(8-19)17(23)12-4-5-15-16(7-12)25-10-24-15/h4-7,9H,3,10H2,1-2H3/b13-6+. The molecule has 0 radical (unpaired) electrons. The number of ether oxygens (including phenoxy) is 2. The van der Waals surface area contributed by atoms with Gasteiger partial charge in [0.2, 0.25) is 18.5 Å². The zero-order chi connectivity index (χ0) is 18.7. The van der Waals surface area contributed by atoms with Crippen LogP contribution in [0.1, 0.15) is 29.9 Å². The highest BCUT2D eigenvalue weighted by atomic mass is 32.1. The van der Waals surface area contributed by atoms with Crippen molar-refractivity contribution in [3.63, 3.8) is 0 Å². The smallest absolute Gasteiger partial charge is 0.231 e. The molecule has 1 aliphatic rings. The van der Waals surface area contributed by atoms with E-state index in [0.29, 0.717) is 34.4 Å². The number of rotatable bonds is 5. The molecular formula is C18H15N3O4S. The second kappa shape index (κ2) is 7.37. The Kier molecular flexibility index (Phi) is 5.00. The molecule has 1 aliphatic heterocycles. The fourth-order valence-corrected chi connectivity index (χ4v) is 3.34. The lowest BCUT2D eigenvalue weighted by Gasteiger charge is -2.14. The first-order chi connectivity index (χ1) is 12.5. The summed E-state index contributed by atoms with van der Waals surface area (Å²) in [5.74, 6) is 0.495. The minimum atomic E-state index is -0.431. The number of amides is 1. The normalized spacial score (nSPS) is 12.6. The van der Waals surface area contributed by atoms with Gasteiger partial charge in [-0.05, 0) is 31.2 Å². The number of ketones is 1. The van der Waals surface area contributed by atoms with Gasteiger partial charge in [0, 0.05) is 24.4 Å². The molecule has 0 aliphatic carbocycles. The van der Waals surface area contributed by atoms with Crippen molar-refractivity contribution in [2.45, 2.75) is 13.8 Å². The molecule has 0 N–H and O–H groups in total. The Morgan fingerprint density at radius 3 is 2.85 bits per heavy atom. The van der Waals surface area contributed by atoms with E-state index >= 15 is 0 Å². The third-order valence-electron chi connectivity index (χ3n) is 3.73. The van der Waals surface area contributed by atoms with Crippen LogP contribution in [0.3, 0.4) is 0 Å². The number of nitriles is 1. The van der Waals surface area contributed by atoms with E-state index in [1.54, 1.807) is 23.6 Å². The minimum Gasteiger partial charge on any atom is -0.454 e. The molecule has 0 fully saturated rings. The lowest BCUT2D eigenvalue weighted by atomic mass is 10.0. The number of carbonyl (C=O) groups excluding carboxylic acids is 2. The Labute approximate surface area is 154 Å². The van der Waals surface area contributed by atoms with Crippen LogP contribution in [-0.2, 0) is 4.79 Å². The maximum atomic E-state index is 12.6. The fraction of sp³-hybridized carbons (Fsp3) is 0.222. The predicted octanol–water partition coefficient (Wildman–Crippen LogP) is 3.03. The zero-order valence-corrected chi connectivity index (χ0v) is 15.0. The molecule has 7 nitrogen and oxygen atoms in total. The van der Waals surface area contributed by atoms with Gasteiger partial charge >= 0.3 is 0 Å². The first-order valence-corrected chi connectivity index (χ1v) is 8.71. The molecule has 2 aromatic rings. The van der Waals surface area contributed by atoms with E-state index in [9.17, 15) is 14.9 Å². The predicted molar refractivity (Wildman–Crippen MR) is 96.3 cm³/mol. The third kappa shape index (κ3) is 3.43. The maximum Gasteiger partial charge on any atom is 0.231 e. The zero-order valence-electron chi connectivity index (χ0n) is 14.2. The van der Waals surface area contributed by atoms with Gasteiger partial charge in [0.1, 0.15) is 11.6 Å². The molecule has 0 saturated carbocycles. The summed E-state index contributed by atoms with van der Waals surface area (Å²) in [6, 6.07) is 6.69. The number of thiazole rings is 1. The van der Waals surface area contributed by atoms with Crippen molar-refractivity contribution in [2.75, 3.05) is 18.2 Å². The maximum absolute atomic E-state index is 12.6. The second-order valence-electron chi connectivity index (χ2n) is 5.39. The summed E-state index contributed by atoms with van der Waals surface area (Å²) in [7, 11) is 0. The number of fused-ring (bicyclic) bond motifs is 1. The minimum absolute atomic E-state index is 0.0495. The average Bonchev–Trinajstić information content (AvgIpc) is 3.28. The number of carbonyl (C=O) groups is 2. The van der Waals surface area contributed by atoms with Crippen LogP contribution in [-0.4, -0.2) is 30.0 Å². The van der Waals surface area contributed by atoms with Crippen LogP contribution in [0.5, 0.6) is 11.5 Å². The highest BCUT2D eigenvalue weighted by Crippen LogP contribution is 2.33. The summed E-state index contributed by atoms with van der Waals surface area (Å²) in [5.41, 5.74) is 0.735. The number of allylic oxidation sites excluding steroid dienone is 1. The number of aromatic nitrogens is 1. The van der Waals surface area contributed by atoms with Gasteiger partial charge in [-0.2, -0.15) is 5.26 Å². The lowest BCUT2D eigenvalue weighted by Crippen LogP contribution is -2.27. The van der Waals surface area contributed by atoms with E-state index in [-0.39, 0.29) is 18.3 Å². The van der Waals surface area contributed by atoms with Gasteiger partial charge < -0.3 is 9.47 Å². The Balaban J connectivity index is 1.87. The van der Waals surface area contributed by atoms with Gasteiger partial charge in [-0.1, -0.05) is 0 Å². The summed E-state index contributed by atoms with van der Waals surface area (Å²) in [5, 5.41) is 11.6. The molecule has 0 bridgehead atoms. The van der Waals surface area contributed by atoms with Crippen molar-refractivity contribution < 1.29 is 19.1 Å². The third-order valence-corrected chi connectivity index (χ3v) is 4.61. The van der Waals surface area contributed by atoms with Crippen LogP contribution in [0, 0.1) is 11.3 Å². The number of benzene rings is 1. The first-order valence-electron chi connectivity index (χ1n) is 7.83. The summed E-state index contributed by atoms with van der Waals surface area (Å²) in [4.78, 5) is 30.1. The summed E-state index contributed by atoms with van der Waals surface area (Å²) < 4.78 is 10.5. The van der Waals surface area contributed by atoms with E-state index in [0.717, 1.165) is 0 Å². The van der Waals surface area contributed by atoms with Crippen LogP contribution in [0.4, 0.5) is 5.13 Å². The summed E-state index contributed by atoms with van der Waals surface area (Å²) >= 11 is 1.28. The van der Waals surface area contributed by atoms with Gasteiger partial charge in [-0.15, -0.1) is 11.3 Å². The van der Waals surface area contributed by atoms with Crippen molar-refractivity contribution in [1.29, 1.82) is 5.26 Å². The van der Waals surface area contributed by atoms with Crippen molar-refractivity contribution >= 4 is 34.2 Å². The van der Waals surface area contributed by atoms with Gasteiger partial charge in [0.15, 0.2) is 16.6 Å². The van der Waals surface area contributed by atoms with Crippen LogP contribution in [0.25, 0.3) is 6.08 Å². The molecule has 26 heavy (non-hydrogen) atoms. The fourth-order valence-electron chi connectivity index (χ4n) is 2.45. The number of hydrogen-bond acceptors (Lipinski definition) is 7. The second-order valence-corrected chi connectivity index (χ2v) is 6.22. The van der Waals surface area contributed by atoms with Crippen LogP contribution < -0.4 is 14.4 Å². The number of anilines is 1. The topological polar surface area (TPSA) is 92.5 Å². The molecule has 1 amide bonds. The van der Waals surface area contributed by atoms with Crippen molar-refractivity contribution in [1.82, 2.24) is 4.98 Å². The number of Topliss-reactive ketones (excluding diaryl/α,β-unsaturated/α-hetero) is 1. The lowest BCUT2D eigenvalue weighted by molar-refractivity contribution is -0.116. The Morgan fingerprint density at radius 2 is 2.15 bits per heavy atom. The first kappa shape index (κ1) is 17.6. The number of hydrogen-bond donors (Lipinski definition) is 0. The molecule has 2 heterocycles. The monoisotopic (exact) mass is 369 g/mol. The van der Waals surface area contributed by atoms with Crippen LogP contribution in [0.15, 0.2) is 29.2 Å². The molecule has 0 unspecified atom stereocenters. The van der Waals surface area contributed by atoms with Crippen LogP contribution >= 0.6 is 11.3 Å². The molecule has 8 heteroatoms. The van der Waals surface area contributed by atoms with E-state index in [4.69, 9.17) is 9.47 Å². The van der Waals surface area contributed by atoms with E-state index in [2.05, 4.69) is 4.98 Å². The van der Waals surface area contributed by atoms with Crippen molar-refractivity contribution in [3.05, 3.63) is 40.4 Å². The molecule has 0 saturated heterocycles. The van der Waals surface area contributed by atoms with Crippen molar-refractivity contribution in [3.8, 4) is 17.6 Å². The van der Waals surface area contributed by atoms with Gasteiger partial charge in [-0.3, -0.25) is 14.5 Å². The molecule has 0 atom stereocenters.